The lowest BCUT2D eigenvalue weighted by atomic mass is 9.85. The summed E-state index contributed by atoms with van der Waals surface area (Å²) in [5.41, 5.74) is 15.1. The molecule has 9 aromatic carbocycles. The van der Waals surface area contributed by atoms with Crippen LogP contribution in [-0.2, 0) is 12.8 Å². The van der Waals surface area contributed by atoms with Crippen LogP contribution in [-0.4, -0.2) is 15.0 Å². The van der Waals surface area contributed by atoms with Crippen LogP contribution in [0.25, 0.3) is 127 Å². The summed E-state index contributed by atoms with van der Waals surface area (Å²) in [5, 5.41) is 8.92. The summed E-state index contributed by atoms with van der Waals surface area (Å²) in [6, 6.07) is 65.7. The molecular weight excluding hydrogens is 847 g/mol. The number of aromatic nitrogens is 3. The smallest absolute Gasteiger partial charge is 0.164 e. The molecule has 2 aliphatic carbocycles. The first-order chi connectivity index (χ1) is 33.6. The standard InChI is InChI=1S/C63H41N3OS/c1-2-12-38(13-3-1)61-64-62(45-27-31-60-56(36-45)53-22-8-9-23-59(53)68-60)66-63(65-61)46-25-29-52-55-35-44(26-30-57(55)67-58(52)37-46)42-17-11-15-40(33-42)39-14-10-16-41(32-39)43-24-28-51-49-20-5-4-18-47(49)48-19-6-7-21-50(48)54(51)34-43/h1-4,6-19,21-25,27-29,31-37H,5,20,26,30H2. The molecule has 0 fully saturated rings. The van der Waals surface area contributed by atoms with Crippen LogP contribution >= 0.6 is 11.3 Å². The Bertz CT molecular complexity index is 4100. The van der Waals surface area contributed by atoms with E-state index in [0.717, 1.165) is 64.7 Å². The van der Waals surface area contributed by atoms with Gasteiger partial charge in [-0.05, 0) is 146 Å². The number of fused-ring (bicyclic) bond motifs is 12. The highest BCUT2D eigenvalue weighted by Crippen LogP contribution is 2.42. The van der Waals surface area contributed by atoms with Gasteiger partial charge in [0, 0.05) is 54.2 Å². The molecule has 0 spiro atoms. The third-order valence-corrected chi connectivity index (χ3v) is 15.2. The Balaban J connectivity index is 0.795. The molecule has 0 atom stereocenters. The number of hydrogen-bond acceptors (Lipinski definition) is 5. The minimum absolute atomic E-state index is 0.614. The summed E-state index contributed by atoms with van der Waals surface area (Å²) in [6.45, 7) is 0. The van der Waals surface area contributed by atoms with Gasteiger partial charge in [-0.15, -0.1) is 11.3 Å². The Morgan fingerprint density at radius 1 is 0.382 bits per heavy atom. The zero-order valence-corrected chi connectivity index (χ0v) is 37.9. The second-order valence-corrected chi connectivity index (χ2v) is 19.2. The summed E-state index contributed by atoms with van der Waals surface area (Å²) in [5.74, 6) is 2.91. The molecular formula is C63H41N3OS. The summed E-state index contributed by atoms with van der Waals surface area (Å²) in [6.07, 6.45) is 10.9. The van der Waals surface area contributed by atoms with Gasteiger partial charge < -0.3 is 4.42 Å². The fraction of sp³-hybridized carbons (Fsp3) is 0.0635. The van der Waals surface area contributed by atoms with E-state index < -0.39 is 0 Å². The van der Waals surface area contributed by atoms with Gasteiger partial charge in [-0.1, -0.05) is 140 Å². The molecule has 3 heterocycles. The van der Waals surface area contributed by atoms with Crippen LogP contribution in [0.4, 0.5) is 0 Å². The lowest BCUT2D eigenvalue weighted by Gasteiger charge is -2.18. The molecule has 2 aliphatic rings. The zero-order valence-electron chi connectivity index (χ0n) is 37.0. The largest absolute Gasteiger partial charge is 0.460 e. The normalized spacial score (nSPS) is 13.4. The third kappa shape index (κ3) is 6.53. The van der Waals surface area contributed by atoms with Crippen LogP contribution in [0.3, 0.4) is 0 Å². The molecule has 0 aliphatic heterocycles. The third-order valence-electron chi connectivity index (χ3n) is 14.1. The molecule has 0 saturated heterocycles. The molecule has 0 bridgehead atoms. The van der Waals surface area contributed by atoms with E-state index in [1.54, 1.807) is 0 Å². The van der Waals surface area contributed by atoms with Crippen molar-refractivity contribution in [3.8, 4) is 56.4 Å². The lowest BCUT2D eigenvalue weighted by Crippen LogP contribution is -2.00. The predicted molar refractivity (Wildman–Crippen MR) is 285 cm³/mol. The van der Waals surface area contributed by atoms with Gasteiger partial charge in [0.1, 0.15) is 11.3 Å². The molecule has 3 aromatic heterocycles. The number of allylic oxidation sites excluding steroid dienone is 2. The van der Waals surface area contributed by atoms with Gasteiger partial charge in [-0.3, -0.25) is 0 Å². The second-order valence-electron chi connectivity index (χ2n) is 18.1. The molecule has 0 saturated carbocycles. The van der Waals surface area contributed by atoms with Crippen molar-refractivity contribution in [2.75, 3.05) is 0 Å². The van der Waals surface area contributed by atoms with Crippen LogP contribution in [0.5, 0.6) is 0 Å². The van der Waals surface area contributed by atoms with Crippen LogP contribution < -0.4 is 0 Å². The highest BCUT2D eigenvalue weighted by atomic mass is 32.1. The second kappa shape index (κ2) is 15.7. The first kappa shape index (κ1) is 39.0. The first-order valence-electron chi connectivity index (χ1n) is 23.5. The van der Waals surface area contributed by atoms with E-state index in [4.69, 9.17) is 19.4 Å². The average molecular weight is 888 g/mol. The van der Waals surface area contributed by atoms with Gasteiger partial charge >= 0.3 is 0 Å². The van der Waals surface area contributed by atoms with Gasteiger partial charge in [-0.25, -0.2) is 15.0 Å². The Kier molecular flexibility index (Phi) is 8.99. The van der Waals surface area contributed by atoms with E-state index in [-0.39, 0.29) is 0 Å². The van der Waals surface area contributed by atoms with Crippen molar-refractivity contribution >= 4 is 81.7 Å². The van der Waals surface area contributed by atoms with Gasteiger partial charge in [0.25, 0.3) is 0 Å². The van der Waals surface area contributed by atoms with E-state index in [1.165, 1.54) is 86.2 Å². The quantitative estimate of drug-likeness (QED) is 0.156. The molecule has 68 heavy (non-hydrogen) atoms. The van der Waals surface area contributed by atoms with Gasteiger partial charge in [0.2, 0.25) is 0 Å². The highest BCUT2D eigenvalue weighted by molar-refractivity contribution is 7.25. The fourth-order valence-electron chi connectivity index (χ4n) is 10.7. The van der Waals surface area contributed by atoms with Crippen molar-refractivity contribution < 1.29 is 4.42 Å². The molecule has 0 N–H and O–H groups in total. The van der Waals surface area contributed by atoms with Crippen LogP contribution in [0.2, 0.25) is 0 Å². The van der Waals surface area contributed by atoms with E-state index in [0.29, 0.717) is 17.5 Å². The van der Waals surface area contributed by atoms with Crippen molar-refractivity contribution in [3.63, 3.8) is 0 Å². The molecule has 4 nitrogen and oxygen atoms in total. The maximum Gasteiger partial charge on any atom is 0.164 e. The first-order valence-corrected chi connectivity index (χ1v) is 24.3. The number of aryl methyl sites for hydroxylation is 2. The van der Waals surface area contributed by atoms with Crippen molar-refractivity contribution in [2.45, 2.75) is 25.7 Å². The molecule has 14 rings (SSSR count). The Morgan fingerprint density at radius 2 is 0.985 bits per heavy atom. The van der Waals surface area contributed by atoms with Crippen molar-refractivity contribution in [2.24, 2.45) is 0 Å². The summed E-state index contributed by atoms with van der Waals surface area (Å²) in [7, 11) is 0. The SMILES string of the molecule is C1=Cc2c(c3ccc(-c4cccc(-c5cccc(C6=Cc7c(oc8cc(-c9nc(-c%10ccccc%10)nc(-c%10ccc%11sc%12ccccc%12c%11c%10)n9)ccc78)CC6)c5)c4)cc3c3ccccc23)CC1. The Labute approximate surface area is 397 Å². The molecule has 0 unspecified atom stereocenters. The van der Waals surface area contributed by atoms with Crippen LogP contribution in [0, 0.1) is 0 Å². The van der Waals surface area contributed by atoms with Crippen LogP contribution in [0.1, 0.15) is 40.9 Å². The number of hydrogen-bond donors (Lipinski definition) is 0. The topological polar surface area (TPSA) is 51.8 Å². The molecule has 0 amide bonds. The monoisotopic (exact) mass is 887 g/mol. The highest BCUT2D eigenvalue weighted by Gasteiger charge is 2.22. The van der Waals surface area contributed by atoms with E-state index in [2.05, 4.69) is 182 Å². The summed E-state index contributed by atoms with van der Waals surface area (Å²) >= 11 is 1.81. The zero-order chi connectivity index (χ0) is 44.7. The fourth-order valence-corrected chi connectivity index (χ4v) is 11.8. The maximum atomic E-state index is 6.66. The molecule has 320 valence electrons. The van der Waals surface area contributed by atoms with E-state index >= 15 is 0 Å². The van der Waals surface area contributed by atoms with E-state index in [9.17, 15) is 0 Å². The van der Waals surface area contributed by atoms with Crippen LogP contribution in [0.15, 0.2) is 192 Å². The predicted octanol–water partition coefficient (Wildman–Crippen LogP) is 17.1. The number of furan rings is 1. The minimum Gasteiger partial charge on any atom is -0.460 e. The number of nitrogens with zero attached hydrogens (tertiary/aromatic N) is 3. The molecule has 5 heteroatoms. The lowest BCUT2D eigenvalue weighted by molar-refractivity contribution is 0.548. The number of benzene rings is 9. The summed E-state index contributed by atoms with van der Waals surface area (Å²) < 4.78 is 9.18. The van der Waals surface area contributed by atoms with Gasteiger partial charge in [0.15, 0.2) is 17.5 Å². The minimum atomic E-state index is 0.614. The molecule has 12 aromatic rings. The van der Waals surface area contributed by atoms with Gasteiger partial charge in [0.05, 0.1) is 0 Å². The summed E-state index contributed by atoms with van der Waals surface area (Å²) in [4.78, 5) is 15.2. The average Bonchev–Trinajstić information content (AvgIpc) is 3.98. The number of rotatable bonds is 6. The maximum absolute atomic E-state index is 6.66. The van der Waals surface area contributed by atoms with Gasteiger partial charge in [-0.2, -0.15) is 0 Å². The molecule has 0 radical (unpaired) electrons. The van der Waals surface area contributed by atoms with Crippen molar-refractivity contribution in [1.29, 1.82) is 0 Å². The van der Waals surface area contributed by atoms with Crippen molar-refractivity contribution in [1.82, 2.24) is 15.0 Å². The van der Waals surface area contributed by atoms with E-state index in [1.807, 2.05) is 29.5 Å². The number of thiophene rings is 1. The Hall–Kier alpha value is -8.25. The van der Waals surface area contributed by atoms with Crippen molar-refractivity contribution in [3.05, 3.63) is 216 Å². The Morgan fingerprint density at radius 3 is 1.81 bits per heavy atom.